The molecule has 0 aliphatic heterocycles. The Hall–Kier alpha value is -7.67. The third kappa shape index (κ3) is 5.87. The molecule has 53 heavy (non-hydrogen) atoms. The summed E-state index contributed by atoms with van der Waals surface area (Å²) in [6.07, 6.45) is 0. The number of rotatable bonds is 6. The lowest BCUT2D eigenvalue weighted by molar-refractivity contribution is 0.669. The summed E-state index contributed by atoms with van der Waals surface area (Å²) in [5.74, 6) is 1.59. The van der Waals surface area contributed by atoms with E-state index in [-0.39, 0.29) is 0 Å². The predicted octanol–water partition coefficient (Wildman–Crippen LogP) is 11.5. The molecule has 0 aliphatic carbocycles. The molecular formula is C47H27N5O. The lowest BCUT2D eigenvalue weighted by Crippen LogP contribution is -2.01. The number of hydrogen-bond acceptors (Lipinski definition) is 6. The van der Waals surface area contributed by atoms with Crippen LogP contribution in [0, 0.1) is 22.7 Å². The van der Waals surface area contributed by atoms with Gasteiger partial charge in [-0.15, -0.1) is 0 Å². The van der Waals surface area contributed by atoms with E-state index in [2.05, 4.69) is 66.7 Å². The minimum absolute atomic E-state index is 0.440. The van der Waals surface area contributed by atoms with Gasteiger partial charge in [-0.05, 0) is 63.7 Å². The molecule has 246 valence electrons. The van der Waals surface area contributed by atoms with Gasteiger partial charge < -0.3 is 4.42 Å². The first kappa shape index (κ1) is 31.3. The maximum Gasteiger partial charge on any atom is 0.168 e. The van der Waals surface area contributed by atoms with E-state index >= 15 is 0 Å². The third-order valence-electron chi connectivity index (χ3n) is 9.41. The fourth-order valence-corrected chi connectivity index (χ4v) is 6.79. The van der Waals surface area contributed by atoms with E-state index in [4.69, 9.17) is 19.4 Å². The van der Waals surface area contributed by atoms with Crippen LogP contribution < -0.4 is 0 Å². The summed E-state index contributed by atoms with van der Waals surface area (Å²) in [6.45, 7) is 0. The van der Waals surface area contributed by atoms with Crippen molar-refractivity contribution < 1.29 is 4.42 Å². The number of nitrogens with zero attached hydrogens (tertiary/aromatic N) is 5. The molecule has 0 aliphatic rings. The Morgan fingerprint density at radius 2 is 0.887 bits per heavy atom. The molecule has 0 atom stereocenters. The largest absolute Gasteiger partial charge is 0.455 e. The molecule has 0 bridgehead atoms. The lowest BCUT2D eigenvalue weighted by atomic mass is 9.94. The molecule has 2 heterocycles. The highest BCUT2D eigenvalue weighted by Crippen LogP contribution is 2.42. The Morgan fingerprint density at radius 3 is 1.53 bits per heavy atom. The number of aromatic nitrogens is 3. The molecule has 0 spiro atoms. The van der Waals surface area contributed by atoms with Gasteiger partial charge in [-0.1, -0.05) is 133 Å². The van der Waals surface area contributed by atoms with Crippen molar-refractivity contribution in [2.75, 3.05) is 0 Å². The van der Waals surface area contributed by atoms with Crippen LogP contribution in [0.1, 0.15) is 11.1 Å². The highest BCUT2D eigenvalue weighted by atomic mass is 16.3. The predicted molar refractivity (Wildman–Crippen MR) is 209 cm³/mol. The maximum atomic E-state index is 9.56. The highest BCUT2D eigenvalue weighted by Gasteiger charge is 2.22. The molecule has 0 saturated carbocycles. The average molecular weight is 678 g/mol. The van der Waals surface area contributed by atoms with Crippen molar-refractivity contribution in [3.05, 3.63) is 175 Å². The van der Waals surface area contributed by atoms with Crippen LogP contribution in [0.15, 0.2) is 168 Å². The quantitative estimate of drug-likeness (QED) is 0.174. The number of furan rings is 1. The highest BCUT2D eigenvalue weighted by molar-refractivity contribution is 6.12. The molecule has 0 amide bonds. The monoisotopic (exact) mass is 677 g/mol. The Bertz CT molecular complexity index is 2850. The van der Waals surface area contributed by atoms with Crippen LogP contribution in [0.5, 0.6) is 0 Å². The first-order valence-electron chi connectivity index (χ1n) is 17.1. The van der Waals surface area contributed by atoms with Crippen molar-refractivity contribution in [2.45, 2.75) is 0 Å². The normalized spacial score (nSPS) is 11.0. The molecule has 9 aromatic rings. The van der Waals surface area contributed by atoms with Gasteiger partial charge >= 0.3 is 0 Å². The van der Waals surface area contributed by atoms with Crippen LogP contribution in [0.3, 0.4) is 0 Å². The number of fused-ring (bicyclic) bond motifs is 3. The summed E-state index contributed by atoms with van der Waals surface area (Å²) in [5, 5.41) is 21.1. The van der Waals surface area contributed by atoms with Crippen LogP contribution in [-0.4, -0.2) is 15.0 Å². The first-order valence-corrected chi connectivity index (χ1v) is 17.1. The first-order chi connectivity index (χ1) is 26.1. The zero-order valence-electron chi connectivity index (χ0n) is 28.2. The van der Waals surface area contributed by atoms with Gasteiger partial charge in [-0.3, -0.25) is 0 Å². The van der Waals surface area contributed by atoms with Crippen molar-refractivity contribution in [1.82, 2.24) is 15.0 Å². The Labute approximate surface area is 305 Å². The summed E-state index contributed by atoms with van der Waals surface area (Å²) in [6, 6.07) is 58.3. The number of hydrogen-bond donors (Lipinski definition) is 0. The zero-order valence-corrected chi connectivity index (χ0v) is 28.2. The van der Waals surface area contributed by atoms with E-state index in [1.807, 2.05) is 91.0 Å². The Morgan fingerprint density at radius 1 is 0.396 bits per heavy atom. The van der Waals surface area contributed by atoms with E-state index in [1.54, 1.807) is 18.2 Å². The van der Waals surface area contributed by atoms with E-state index in [0.717, 1.165) is 66.4 Å². The Kier molecular flexibility index (Phi) is 7.82. The van der Waals surface area contributed by atoms with Crippen molar-refractivity contribution in [3.63, 3.8) is 0 Å². The van der Waals surface area contributed by atoms with Crippen LogP contribution in [0.2, 0.25) is 0 Å². The van der Waals surface area contributed by atoms with Gasteiger partial charge in [-0.2, -0.15) is 10.5 Å². The summed E-state index contributed by atoms with van der Waals surface area (Å²) in [4.78, 5) is 15.3. The SMILES string of the molecule is N#Cc1cc(C#N)cc(-c2ccc(-c3ccc4c(oc5ccccc54)c3-c3nc(-c4ccccc4)nc(-c4ccc(-c5ccccc5)cc4)n3)cc2)c1. The van der Waals surface area contributed by atoms with Crippen molar-refractivity contribution in [3.8, 4) is 79.7 Å². The molecule has 2 aromatic heterocycles. The standard InChI is InChI=1S/C47H27N5O/c48-28-30-25-31(29-49)27-38(26-30)34-15-19-35(20-16-34)39-23-24-41-40-13-7-8-14-42(40)53-44(41)43(39)47-51-45(36-11-5-2-6-12-36)50-46(52-47)37-21-17-33(18-22-37)32-9-3-1-4-10-32/h1-27H. The maximum absolute atomic E-state index is 9.56. The van der Waals surface area contributed by atoms with Crippen LogP contribution in [0.4, 0.5) is 0 Å². The van der Waals surface area contributed by atoms with Crippen molar-refractivity contribution in [2.24, 2.45) is 0 Å². The van der Waals surface area contributed by atoms with Gasteiger partial charge in [-0.25, -0.2) is 15.0 Å². The minimum atomic E-state index is 0.440. The molecule has 6 nitrogen and oxygen atoms in total. The van der Waals surface area contributed by atoms with Crippen molar-refractivity contribution >= 4 is 21.9 Å². The van der Waals surface area contributed by atoms with Gasteiger partial charge in [0.1, 0.15) is 11.2 Å². The number of nitriles is 2. The van der Waals surface area contributed by atoms with Gasteiger partial charge in [0.2, 0.25) is 0 Å². The fraction of sp³-hybridized carbons (Fsp3) is 0. The van der Waals surface area contributed by atoms with Crippen LogP contribution >= 0.6 is 0 Å². The second kappa shape index (κ2) is 13.2. The van der Waals surface area contributed by atoms with Crippen LogP contribution in [-0.2, 0) is 0 Å². The molecule has 0 unspecified atom stereocenters. The number of benzene rings is 7. The molecule has 6 heteroatoms. The summed E-state index contributed by atoms with van der Waals surface area (Å²) < 4.78 is 6.64. The molecule has 0 saturated heterocycles. The van der Waals surface area contributed by atoms with Gasteiger partial charge in [0.15, 0.2) is 17.5 Å². The van der Waals surface area contributed by atoms with Gasteiger partial charge in [0.05, 0.1) is 28.8 Å². The minimum Gasteiger partial charge on any atom is -0.455 e. The molecule has 9 rings (SSSR count). The van der Waals surface area contributed by atoms with E-state index in [9.17, 15) is 10.5 Å². The smallest absolute Gasteiger partial charge is 0.168 e. The van der Waals surface area contributed by atoms with Crippen LogP contribution in [0.25, 0.3) is 89.5 Å². The van der Waals surface area contributed by atoms with Gasteiger partial charge in [0, 0.05) is 21.9 Å². The average Bonchev–Trinajstić information content (AvgIpc) is 3.62. The van der Waals surface area contributed by atoms with E-state index < -0.39 is 0 Å². The lowest BCUT2D eigenvalue weighted by Gasteiger charge is -2.13. The fourth-order valence-electron chi connectivity index (χ4n) is 6.79. The molecule has 7 aromatic carbocycles. The van der Waals surface area contributed by atoms with Gasteiger partial charge in [0.25, 0.3) is 0 Å². The summed E-state index contributed by atoms with van der Waals surface area (Å²) >= 11 is 0. The number of para-hydroxylation sites is 1. The molecular weight excluding hydrogens is 651 g/mol. The molecule has 0 radical (unpaired) electrons. The second-order valence-corrected chi connectivity index (χ2v) is 12.7. The van der Waals surface area contributed by atoms with E-state index in [1.165, 1.54) is 0 Å². The second-order valence-electron chi connectivity index (χ2n) is 12.7. The van der Waals surface area contributed by atoms with E-state index in [0.29, 0.717) is 34.2 Å². The molecule has 0 fully saturated rings. The third-order valence-corrected chi connectivity index (χ3v) is 9.41. The van der Waals surface area contributed by atoms with Crippen molar-refractivity contribution in [1.29, 1.82) is 10.5 Å². The molecule has 0 N–H and O–H groups in total. The summed E-state index contributed by atoms with van der Waals surface area (Å²) in [7, 11) is 0. The zero-order chi connectivity index (χ0) is 35.7. The summed E-state index contributed by atoms with van der Waals surface area (Å²) in [5.41, 5.74) is 10.6. The Balaban J connectivity index is 1.25. The topological polar surface area (TPSA) is 99.4 Å².